The first-order valence-corrected chi connectivity index (χ1v) is 12.2. The highest BCUT2D eigenvalue weighted by Gasteiger charge is 2.37. The lowest BCUT2D eigenvalue weighted by Crippen LogP contribution is -2.54. The predicted octanol–water partition coefficient (Wildman–Crippen LogP) is 5.57. The molecule has 4 amide bonds. The number of halogens is 2. The molecule has 1 aliphatic rings. The molecular weight excluding hydrogens is 582 g/mol. The molecule has 194 valence electrons. The molecule has 3 aromatic rings. The number of barbiturate groups is 1. The van der Waals surface area contributed by atoms with Crippen molar-refractivity contribution in [3.05, 3.63) is 96.5 Å². The number of benzene rings is 3. The maximum atomic E-state index is 13.3. The zero-order valence-electron chi connectivity index (χ0n) is 20.0. The highest BCUT2D eigenvalue weighted by Crippen LogP contribution is 2.38. The minimum absolute atomic E-state index is 0.0430. The lowest BCUT2D eigenvalue weighted by Gasteiger charge is -2.27. The SMILES string of the molecule is COc1cc(/C=C2/C(=O)NC(=O)N(c3ccc(Br)cc3C)C2=O)cc(Cl)c1OCc1ccc([N+](=O)[O-])cc1. The molecule has 1 fully saturated rings. The van der Waals surface area contributed by atoms with Gasteiger partial charge in [0, 0.05) is 16.6 Å². The normalized spacial score (nSPS) is 14.5. The molecule has 0 bridgehead atoms. The first-order chi connectivity index (χ1) is 18.1. The second-order valence-electron chi connectivity index (χ2n) is 8.14. The number of nitro groups is 1. The molecule has 0 saturated carbocycles. The number of nitrogens with one attached hydrogen (secondary N) is 1. The number of nitrogens with zero attached hydrogens (tertiary/aromatic N) is 2. The number of non-ortho nitro benzene ring substituents is 1. The predicted molar refractivity (Wildman–Crippen MR) is 143 cm³/mol. The molecule has 0 spiro atoms. The molecule has 3 aromatic carbocycles. The minimum Gasteiger partial charge on any atom is -0.493 e. The molecule has 1 heterocycles. The van der Waals surface area contributed by atoms with E-state index in [1.807, 2.05) is 0 Å². The monoisotopic (exact) mass is 599 g/mol. The van der Waals surface area contributed by atoms with Crippen LogP contribution in [0.15, 0.2) is 64.6 Å². The maximum absolute atomic E-state index is 13.3. The second kappa shape index (κ2) is 11.0. The van der Waals surface area contributed by atoms with E-state index in [1.165, 1.54) is 37.5 Å². The number of ether oxygens (including phenoxy) is 2. The Morgan fingerprint density at radius 1 is 1.11 bits per heavy atom. The summed E-state index contributed by atoms with van der Waals surface area (Å²) in [7, 11) is 1.40. The lowest BCUT2D eigenvalue weighted by atomic mass is 10.1. The van der Waals surface area contributed by atoms with Gasteiger partial charge in [-0.1, -0.05) is 27.5 Å². The van der Waals surface area contributed by atoms with Gasteiger partial charge >= 0.3 is 6.03 Å². The molecule has 1 aliphatic heterocycles. The van der Waals surface area contributed by atoms with E-state index in [4.69, 9.17) is 21.1 Å². The summed E-state index contributed by atoms with van der Waals surface area (Å²) >= 11 is 9.79. The third kappa shape index (κ3) is 5.53. The van der Waals surface area contributed by atoms with Crippen LogP contribution in [0.5, 0.6) is 11.5 Å². The van der Waals surface area contributed by atoms with E-state index < -0.39 is 22.8 Å². The molecule has 1 saturated heterocycles. The number of imide groups is 2. The third-order valence-corrected chi connectivity index (χ3v) is 6.37. The van der Waals surface area contributed by atoms with Gasteiger partial charge in [-0.25, -0.2) is 9.69 Å². The molecule has 0 aliphatic carbocycles. The fraction of sp³-hybridized carbons (Fsp3) is 0.115. The second-order valence-corrected chi connectivity index (χ2v) is 9.46. The quantitative estimate of drug-likeness (QED) is 0.162. The summed E-state index contributed by atoms with van der Waals surface area (Å²) in [6.07, 6.45) is 1.31. The molecule has 1 N–H and O–H groups in total. The summed E-state index contributed by atoms with van der Waals surface area (Å²) in [5, 5.41) is 13.2. The Hall–Kier alpha value is -4.22. The standard InChI is InChI=1S/C26H19BrClN3O7/c1-14-9-17(27)5-8-21(14)30-25(33)19(24(32)29-26(30)34)10-16-11-20(28)23(22(12-16)37-2)38-13-15-3-6-18(7-4-15)31(35)36/h3-12H,13H2,1-2H3,(H,29,32,34)/b19-10-. The van der Waals surface area contributed by atoms with Crippen LogP contribution >= 0.6 is 27.5 Å². The number of anilines is 1. The van der Waals surface area contributed by atoms with Gasteiger partial charge in [0.25, 0.3) is 17.5 Å². The molecular formula is C26H19BrClN3O7. The van der Waals surface area contributed by atoms with Crippen LogP contribution in [0.1, 0.15) is 16.7 Å². The van der Waals surface area contributed by atoms with E-state index in [9.17, 15) is 24.5 Å². The van der Waals surface area contributed by atoms with Crippen LogP contribution < -0.4 is 19.7 Å². The number of urea groups is 1. The zero-order chi connectivity index (χ0) is 27.6. The van der Waals surface area contributed by atoms with E-state index in [-0.39, 0.29) is 34.4 Å². The fourth-order valence-corrected chi connectivity index (χ4v) is 4.49. The van der Waals surface area contributed by atoms with Gasteiger partial charge in [-0.3, -0.25) is 25.0 Å². The summed E-state index contributed by atoms with van der Waals surface area (Å²) in [4.78, 5) is 49.6. The van der Waals surface area contributed by atoms with Crippen LogP contribution in [0.4, 0.5) is 16.2 Å². The van der Waals surface area contributed by atoms with Crippen molar-refractivity contribution in [2.24, 2.45) is 0 Å². The molecule has 38 heavy (non-hydrogen) atoms. The molecule has 0 aromatic heterocycles. The van der Waals surface area contributed by atoms with Crippen LogP contribution in [0.2, 0.25) is 5.02 Å². The first kappa shape index (κ1) is 26.8. The summed E-state index contributed by atoms with van der Waals surface area (Å²) in [6, 6.07) is 13.0. The van der Waals surface area contributed by atoms with Crippen molar-refractivity contribution in [2.75, 3.05) is 12.0 Å². The van der Waals surface area contributed by atoms with E-state index >= 15 is 0 Å². The number of aryl methyl sites for hydroxylation is 1. The van der Waals surface area contributed by atoms with Crippen molar-refractivity contribution in [2.45, 2.75) is 13.5 Å². The van der Waals surface area contributed by atoms with Crippen molar-refractivity contribution >= 4 is 62.8 Å². The smallest absolute Gasteiger partial charge is 0.335 e. The number of hydrogen-bond donors (Lipinski definition) is 1. The number of methoxy groups -OCH3 is 1. The Bertz CT molecular complexity index is 1510. The van der Waals surface area contributed by atoms with Crippen LogP contribution in [0, 0.1) is 17.0 Å². The highest BCUT2D eigenvalue weighted by molar-refractivity contribution is 9.10. The Kier molecular flexibility index (Phi) is 7.79. The van der Waals surface area contributed by atoms with Crippen molar-refractivity contribution < 1.29 is 28.8 Å². The molecule has 0 atom stereocenters. The van der Waals surface area contributed by atoms with Gasteiger partial charge in [-0.05, 0) is 72.2 Å². The molecule has 12 heteroatoms. The van der Waals surface area contributed by atoms with E-state index in [1.54, 1.807) is 37.3 Å². The summed E-state index contributed by atoms with van der Waals surface area (Å²) in [5.74, 6) is -1.21. The average molecular weight is 601 g/mol. The van der Waals surface area contributed by atoms with Gasteiger partial charge in [0.2, 0.25) is 0 Å². The van der Waals surface area contributed by atoms with Gasteiger partial charge in [0.1, 0.15) is 12.2 Å². The zero-order valence-corrected chi connectivity index (χ0v) is 22.3. The Balaban J connectivity index is 1.62. The van der Waals surface area contributed by atoms with Gasteiger partial charge < -0.3 is 9.47 Å². The topological polar surface area (TPSA) is 128 Å². The summed E-state index contributed by atoms with van der Waals surface area (Å²) in [5.41, 5.74) is 1.69. The van der Waals surface area contributed by atoms with Crippen molar-refractivity contribution in [3.8, 4) is 11.5 Å². The van der Waals surface area contributed by atoms with Crippen molar-refractivity contribution in [3.63, 3.8) is 0 Å². The summed E-state index contributed by atoms with van der Waals surface area (Å²) in [6.45, 7) is 1.79. The Morgan fingerprint density at radius 2 is 1.82 bits per heavy atom. The number of hydrogen-bond acceptors (Lipinski definition) is 7. The highest BCUT2D eigenvalue weighted by atomic mass is 79.9. The maximum Gasteiger partial charge on any atom is 0.335 e. The fourth-order valence-electron chi connectivity index (χ4n) is 3.75. The minimum atomic E-state index is -0.854. The molecule has 0 unspecified atom stereocenters. The van der Waals surface area contributed by atoms with Crippen LogP contribution in [-0.2, 0) is 16.2 Å². The molecule has 0 radical (unpaired) electrons. The van der Waals surface area contributed by atoms with Gasteiger partial charge in [-0.15, -0.1) is 0 Å². The average Bonchev–Trinajstić information content (AvgIpc) is 2.87. The number of nitro benzene ring substituents is 1. The largest absolute Gasteiger partial charge is 0.493 e. The van der Waals surface area contributed by atoms with Gasteiger partial charge in [0.05, 0.1) is 22.7 Å². The van der Waals surface area contributed by atoms with Gasteiger partial charge in [-0.2, -0.15) is 0 Å². The summed E-state index contributed by atoms with van der Waals surface area (Å²) < 4.78 is 12.0. The molecule has 4 rings (SSSR count). The number of carbonyl (C=O) groups is 3. The third-order valence-electron chi connectivity index (χ3n) is 5.59. The Morgan fingerprint density at radius 3 is 2.45 bits per heavy atom. The van der Waals surface area contributed by atoms with E-state index in [2.05, 4.69) is 21.2 Å². The van der Waals surface area contributed by atoms with E-state index in [0.29, 0.717) is 22.4 Å². The van der Waals surface area contributed by atoms with Crippen molar-refractivity contribution in [1.29, 1.82) is 0 Å². The molecule has 10 nitrogen and oxygen atoms in total. The van der Waals surface area contributed by atoms with E-state index in [0.717, 1.165) is 9.37 Å². The van der Waals surface area contributed by atoms with Gasteiger partial charge in [0.15, 0.2) is 11.5 Å². The van der Waals surface area contributed by atoms with Crippen LogP contribution in [0.25, 0.3) is 6.08 Å². The number of rotatable bonds is 7. The Labute approximate surface area is 230 Å². The van der Waals surface area contributed by atoms with Crippen LogP contribution in [0.3, 0.4) is 0 Å². The first-order valence-electron chi connectivity index (χ1n) is 11.0. The van der Waals surface area contributed by atoms with Crippen molar-refractivity contribution in [1.82, 2.24) is 5.32 Å². The number of amides is 4. The van der Waals surface area contributed by atoms with Crippen LogP contribution in [-0.4, -0.2) is 29.9 Å². The number of carbonyl (C=O) groups excluding carboxylic acids is 3. The lowest BCUT2D eigenvalue weighted by molar-refractivity contribution is -0.384.